The molecule has 7 nitrogen and oxygen atoms in total. The predicted octanol–water partition coefficient (Wildman–Crippen LogP) is 6.61. The fourth-order valence-corrected chi connectivity index (χ4v) is 10.3. The number of carbonyl (C=O) groups is 1. The van der Waals surface area contributed by atoms with Gasteiger partial charge in [0.1, 0.15) is 6.29 Å². The van der Waals surface area contributed by atoms with E-state index >= 15 is 0 Å². The van der Waals surface area contributed by atoms with Crippen LogP contribution in [0, 0.1) is 35.0 Å². The molecule has 4 bridgehead atoms. The number of hydrogen-bond donors (Lipinski definition) is 5. The van der Waals surface area contributed by atoms with Crippen LogP contribution in [0.1, 0.15) is 77.3 Å². The maximum Gasteiger partial charge on any atom is 0.145 e. The first-order valence-electron chi connectivity index (χ1n) is 20.1. The molecule has 5 N–H and O–H groups in total. The second kappa shape index (κ2) is 18.6. The molecule has 0 amide bonds. The van der Waals surface area contributed by atoms with E-state index in [2.05, 4.69) is 91.8 Å². The normalized spacial score (nSPS) is 34.5. The van der Waals surface area contributed by atoms with Crippen molar-refractivity contribution in [2.24, 2.45) is 35.0 Å². The van der Waals surface area contributed by atoms with Gasteiger partial charge in [0.05, 0.1) is 18.3 Å². The predicted molar refractivity (Wildman–Crippen MR) is 215 cm³/mol. The van der Waals surface area contributed by atoms with Gasteiger partial charge in [-0.2, -0.15) is 0 Å². The average Bonchev–Trinajstić information content (AvgIpc) is 3.49. The van der Waals surface area contributed by atoms with E-state index in [0.29, 0.717) is 63.5 Å². The summed E-state index contributed by atoms with van der Waals surface area (Å²) in [5.74, 6) is -0.433. The van der Waals surface area contributed by atoms with Crippen molar-refractivity contribution in [1.29, 1.82) is 0 Å². The number of aliphatic hydroxyl groups is 3. The zero-order chi connectivity index (χ0) is 38.2. The number of aliphatic hydroxyl groups excluding tert-OH is 2. The maximum absolute atomic E-state index is 12.9. The second-order valence-electron chi connectivity index (χ2n) is 16.4. The van der Waals surface area contributed by atoms with Crippen LogP contribution in [0.2, 0.25) is 0 Å². The third-order valence-corrected chi connectivity index (χ3v) is 13.0. The lowest BCUT2D eigenvalue weighted by Crippen LogP contribution is -2.65. The van der Waals surface area contributed by atoms with E-state index in [0.717, 1.165) is 48.8 Å². The molecular formula is C46H66N2O5. The third kappa shape index (κ3) is 8.98. The number of ether oxygens (including phenoxy) is 1. The third-order valence-electron chi connectivity index (χ3n) is 13.0. The van der Waals surface area contributed by atoms with Crippen molar-refractivity contribution in [3.05, 3.63) is 106 Å². The molecule has 0 unspecified atom stereocenters. The summed E-state index contributed by atoms with van der Waals surface area (Å²) < 4.78 is 6.04. The van der Waals surface area contributed by atoms with E-state index in [9.17, 15) is 20.1 Å². The molecule has 7 heteroatoms. The van der Waals surface area contributed by atoms with Crippen LogP contribution >= 0.6 is 0 Å². The minimum Gasteiger partial charge on any atom is -0.396 e. The van der Waals surface area contributed by atoms with Crippen LogP contribution in [-0.2, 0) is 22.4 Å². The van der Waals surface area contributed by atoms with Crippen molar-refractivity contribution in [2.75, 3.05) is 40.0 Å². The highest BCUT2D eigenvalue weighted by atomic mass is 16.5. The van der Waals surface area contributed by atoms with Crippen molar-refractivity contribution in [1.82, 2.24) is 10.6 Å². The number of carbonyl (C=O) groups excluding carboxylic acids is 1. The summed E-state index contributed by atoms with van der Waals surface area (Å²) >= 11 is 0. The SMILES string of the molecule is C=C(C=CC=C(COCC)[C@H]1CC[C@]2([C@@H]1O)[C@H]1C(=C(C)C=O)[C@@H](C=C[C@H]1CCO)C[C@]2(O)CCNC)[C@H]1CC=C(C)CN[C@@H](C)Cc2cccc(c2)C1. The fourth-order valence-electron chi connectivity index (χ4n) is 10.3. The van der Waals surface area contributed by atoms with Gasteiger partial charge >= 0.3 is 0 Å². The van der Waals surface area contributed by atoms with Gasteiger partial charge in [0.25, 0.3) is 0 Å². The van der Waals surface area contributed by atoms with Crippen LogP contribution in [0.4, 0.5) is 0 Å². The highest BCUT2D eigenvalue weighted by Gasteiger charge is 2.68. The van der Waals surface area contributed by atoms with E-state index in [-0.39, 0.29) is 36.2 Å². The largest absolute Gasteiger partial charge is 0.396 e. The van der Waals surface area contributed by atoms with Gasteiger partial charge in [-0.1, -0.05) is 84.0 Å². The molecule has 290 valence electrons. The van der Waals surface area contributed by atoms with E-state index < -0.39 is 17.1 Å². The molecule has 5 rings (SSSR count). The number of allylic oxidation sites excluding steroid dienone is 9. The Morgan fingerprint density at radius 1 is 1.21 bits per heavy atom. The van der Waals surface area contributed by atoms with Crippen LogP contribution < -0.4 is 10.6 Å². The van der Waals surface area contributed by atoms with E-state index in [4.69, 9.17) is 4.74 Å². The number of nitrogens with one attached hydrogen (secondary N) is 2. The fraction of sp³-hybridized carbons (Fsp3) is 0.587. The molecule has 9 atom stereocenters. The number of benzene rings is 1. The Bertz CT molecular complexity index is 1590. The number of aldehydes is 1. The maximum atomic E-state index is 12.9. The van der Waals surface area contributed by atoms with Gasteiger partial charge in [-0.25, -0.2) is 0 Å². The van der Waals surface area contributed by atoms with Crippen molar-refractivity contribution >= 4 is 6.29 Å². The van der Waals surface area contributed by atoms with Gasteiger partial charge in [0.15, 0.2) is 0 Å². The minimum absolute atomic E-state index is 0.00377. The Kier molecular flexibility index (Phi) is 14.5. The van der Waals surface area contributed by atoms with Crippen LogP contribution in [0.5, 0.6) is 0 Å². The highest BCUT2D eigenvalue weighted by molar-refractivity contribution is 5.74. The summed E-state index contributed by atoms with van der Waals surface area (Å²) in [6, 6.07) is 9.36. The number of rotatable bonds is 13. The van der Waals surface area contributed by atoms with Gasteiger partial charge in [-0.3, -0.25) is 4.79 Å². The zero-order valence-electron chi connectivity index (χ0n) is 32.9. The Hall–Kier alpha value is -2.91. The molecule has 1 aromatic carbocycles. The zero-order valence-corrected chi connectivity index (χ0v) is 32.9. The summed E-state index contributed by atoms with van der Waals surface area (Å²) in [5.41, 5.74) is 5.72. The summed E-state index contributed by atoms with van der Waals surface area (Å²) in [6.07, 6.45) is 18.6. The van der Waals surface area contributed by atoms with Gasteiger partial charge in [0.2, 0.25) is 0 Å². The highest BCUT2D eigenvalue weighted by Crippen LogP contribution is 2.67. The lowest BCUT2D eigenvalue weighted by Gasteiger charge is -2.61. The quantitative estimate of drug-likeness (QED) is 0.0674. The van der Waals surface area contributed by atoms with Gasteiger partial charge in [0, 0.05) is 43.1 Å². The van der Waals surface area contributed by atoms with E-state index in [1.165, 1.54) is 16.7 Å². The smallest absolute Gasteiger partial charge is 0.145 e. The molecule has 2 fully saturated rings. The van der Waals surface area contributed by atoms with Crippen LogP contribution in [0.3, 0.4) is 0 Å². The van der Waals surface area contributed by atoms with Crippen LogP contribution in [0.25, 0.3) is 0 Å². The molecular weight excluding hydrogens is 661 g/mol. The molecule has 0 aromatic heterocycles. The standard InChI is InChI=1S/C46H66N2O5/c1-7-53-30-40(13-8-10-32(3)38-15-14-31(2)28-48-34(5)24-35-11-9-12-36(25-35)26-38)41-18-20-46(44(41)51)43-37(19-23-49)16-17-39(42(43)33(4)29-50)27-45(46,52)21-22-47-6/h8-14,16-17,25,29,34,37-39,41,43-44,47-49,51-52H,3,7,15,18-24,26-28,30H2,1-2,4-6H3/t34-,37-,38-,39-,41+,43+,44+,45+,46+/m0/s1. The van der Waals surface area contributed by atoms with Crippen LogP contribution in [-0.4, -0.2) is 79.3 Å². The molecule has 3 aliphatic carbocycles. The molecule has 0 saturated heterocycles. The lowest BCUT2D eigenvalue weighted by atomic mass is 9.45. The summed E-state index contributed by atoms with van der Waals surface area (Å²) in [4.78, 5) is 12.4. The molecule has 4 aliphatic rings. The summed E-state index contributed by atoms with van der Waals surface area (Å²) in [7, 11) is 1.89. The first-order chi connectivity index (χ1) is 25.5. The molecule has 1 heterocycles. The van der Waals surface area contributed by atoms with Crippen molar-refractivity contribution in [3.8, 4) is 0 Å². The molecule has 1 spiro atoms. The minimum atomic E-state index is -1.17. The Morgan fingerprint density at radius 3 is 2.70 bits per heavy atom. The van der Waals surface area contributed by atoms with Gasteiger partial charge in [-0.05, 0) is 133 Å². The van der Waals surface area contributed by atoms with E-state index in [1.807, 2.05) is 20.9 Å². The molecule has 1 aliphatic heterocycles. The van der Waals surface area contributed by atoms with Crippen LogP contribution in [0.15, 0.2) is 95.2 Å². The summed E-state index contributed by atoms with van der Waals surface area (Å²) in [6.45, 7) is 15.3. The molecule has 2 saturated carbocycles. The average molecular weight is 727 g/mol. The van der Waals surface area contributed by atoms with Crippen molar-refractivity contribution in [3.63, 3.8) is 0 Å². The Labute approximate surface area is 319 Å². The number of fused-ring (bicyclic) bond motifs is 5. The van der Waals surface area contributed by atoms with E-state index in [1.54, 1.807) is 0 Å². The Balaban J connectivity index is 1.48. The number of hydrogen-bond acceptors (Lipinski definition) is 7. The van der Waals surface area contributed by atoms with Gasteiger partial charge in [-0.15, -0.1) is 0 Å². The Morgan fingerprint density at radius 2 is 1.98 bits per heavy atom. The summed E-state index contributed by atoms with van der Waals surface area (Å²) in [5, 5.41) is 42.7. The molecule has 53 heavy (non-hydrogen) atoms. The van der Waals surface area contributed by atoms with Crippen molar-refractivity contribution < 1.29 is 24.9 Å². The van der Waals surface area contributed by atoms with Gasteiger partial charge < -0.3 is 30.7 Å². The topological polar surface area (TPSA) is 111 Å². The first-order valence-corrected chi connectivity index (χ1v) is 20.1. The van der Waals surface area contributed by atoms with Crippen molar-refractivity contribution in [2.45, 2.75) is 96.8 Å². The lowest BCUT2D eigenvalue weighted by molar-refractivity contribution is -0.194. The molecule has 1 aromatic rings. The first kappa shape index (κ1) is 41.3. The second-order valence-corrected chi connectivity index (χ2v) is 16.4. The molecule has 0 radical (unpaired) electrons. The monoisotopic (exact) mass is 726 g/mol.